The van der Waals surface area contributed by atoms with Gasteiger partial charge in [-0.1, -0.05) is 29.8 Å². The number of carbonyl (C=O) groups is 2. The van der Waals surface area contributed by atoms with Crippen molar-refractivity contribution in [3.63, 3.8) is 0 Å². The maximum absolute atomic E-state index is 11.6. The average Bonchev–Trinajstić information content (AvgIpc) is 2.34. The first-order valence-electron chi connectivity index (χ1n) is 5.49. The van der Waals surface area contributed by atoms with Gasteiger partial charge in [0.25, 0.3) is 0 Å². The molecule has 1 unspecified atom stereocenters. The van der Waals surface area contributed by atoms with E-state index in [4.69, 9.17) is 22.4 Å². The number of carbonyl (C=O) groups excluding carboxylic acids is 1. The lowest BCUT2D eigenvalue weighted by Crippen LogP contribution is -2.40. The van der Waals surface area contributed by atoms with E-state index in [2.05, 4.69) is 5.32 Å². The van der Waals surface area contributed by atoms with Crippen molar-refractivity contribution in [1.29, 1.82) is 0 Å². The van der Waals surface area contributed by atoms with Crippen LogP contribution in [0, 0.1) is 0 Å². The van der Waals surface area contributed by atoms with Crippen LogP contribution >= 0.6 is 11.6 Å². The topological polar surface area (TPSA) is 92.4 Å². The summed E-state index contributed by atoms with van der Waals surface area (Å²) in [4.78, 5) is 21.9. The fraction of sp³-hybridized carbons (Fsp3) is 0.333. The molecule has 0 aliphatic rings. The Morgan fingerprint density at radius 3 is 2.67 bits per heavy atom. The molecule has 0 aliphatic heterocycles. The first kappa shape index (κ1) is 14.5. The highest BCUT2D eigenvalue weighted by Gasteiger charge is 2.14. The summed E-state index contributed by atoms with van der Waals surface area (Å²) in [7, 11) is 0. The summed E-state index contributed by atoms with van der Waals surface area (Å²) >= 11 is 5.93. The van der Waals surface area contributed by atoms with Gasteiger partial charge in [-0.05, 0) is 18.1 Å². The number of hydrogen-bond donors (Lipinski definition) is 3. The summed E-state index contributed by atoms with van der Waals surface area (Å²) in [5.41, 5.74) is 6.35. The molecule has 1 aromatic carbocycles. The Hall–Kier alpha value is -1.59. The third kappa shape index (κ3) is 4.73. The van der Waals surface area contributed by atoms with Crippen molar-refractivity contribution in [2.75, 3.05) is 0 Å². The fourth-order valence-electron chi connectivity index (χ4n) is 1.37. The van der Waals surface area contributed by atoms with E-state index in [-0.39, 0.29) is 25.3 Å². The van der Waals surface area contributed by atoms with Crippen LogP contribution in [0.25, 0.3) is 0 Å². The highest BCUT2D eigenvalue weighted by molar-refractivity contribution is 6.31. The van der Waals surface area contributed by atoms with Crippen LogP contribution in [0.2, 0.25) is 5.02 Å². The van der Waals surface area contributed by atoms with E-state index in [1.54, 1.807) is 18.2 Å². The van der Waals surface area contributed by atoms with Crippen molar-refractivity contribution in [3.8, 4) is 0 Å². The lowest BCUT2D eigenvalue weighted by Gasteiger charge is -2.11. The van der Waals surface area contributed by atoms with E-state index in [1.807, 2.05) is 6.07 Å². The molecule has 98 valence electrons. The second-order valence-electron chi connectivity index (χ2n) is 3.85. The molecule has 0 saturated carbocycles. The summed E-state index contributed by atoms with van der Waals surface area (Å²) in [5.74, 6) is -1.35. The first-order chi connectivity index (χ1) is 8.50. The minimum Gasteiger partial charge on any atom is -0.481 e. The van der Waals surface area contributed by atoms with Gasteiger partial charge in [0.1, 0.15) is 0 Å². The molecule has 0 spiro atoms. The smallest absolute Gasteiger partial charge is 0.303 e. The summed E-state index contributed by atoms with van der Waals surface area (Å²) in [6.07, 6.45) is -0.00956. The second-order valence-corrected chi connectivity index (χ2v) is 4.26. The van der Waals surface area contributed by atoms with Gasteiger partial charge in [-0.2, -0.15) is 0 Å². The number of nitrogens with two attached hydrogens (primary N) is 1. The Bertz CT molecular complexity index is 437. The van der Waals surface area contributed by atoms with E-state index in [0.29, 0.717) is 5.02 Å². The van der Waals surface area contributed by atoms with E-state index in [1.165, 1.54) is 0 Å². The predicted octanol–water partition coefficient (Wildman–Crippen LogP) is 1.15. The average molecular weight is 271 g/mol. The Balaban J connectivity index is 2.41. The third-order valence-corrected chi connectivity index (χ3v) is 2.79. The van der Waals surface area contributed by atoms with E-state index in [9.17, 15) is 9.59 Å². The van der Waals surface area contributed by atoms with Gasteiger partial charge in [0.2, 0.25) is 5.91 Å². The Morgan fingerprint density at radius 1 is 1.39 bits per heavy atom. The quantitative estimate of drug-likeness (QED) is 0.723. The molecule has 0 bridgehead atoms. The van der Waals surface area contributed by atoms with Gasteiger partial charge in [0, 0.05) is 18.0 Å². The number of aliphatic carboxylic acids is 1. The molecule has 18 heavy (non-hydrogen) atoms. The number of halogens is 1. The van der Waals surface area contributed by atoms with Crippen LogP contribution in [-0.4, -0.2) is 23.0 Å². The molecule has 0 heterocycles. The summed E-state index contributed by atoms with van der Waals surface area (Å²) in [6, 6.07) is 6.33. The molecule has 0 aromatic heterocycles. The van der Waals surface area contributed by atoms with E-state index < -0.39 is 12.0 Å². The molecular formula is C12H15ClN2O3. The van der Waals surface area contributed by atoms with Crippen molar-refractivity contribution in [1.82, 2.24) is 5.32 Å². The normalized spacial score (nSPS) is 11.9. The van der Waals surface area contributed by atoms with Gasteiger partial charge in [-0.25, -0.2) is 0 Å². The lowest BCUT2D eigenvalue weighted by molar-refractivity contribution is -0.137. The maximum atomic E-state index is 11.6. The van der Waals surface area contributed by atoms with Gasteiger partial charge in [0.15, 0.2) is 0 Å². The van der Waals surface area contributed by atoms with Crippen LogP contribution in [-0.2, 0) is 16.1 Å². The number of amides is 1. The zero-order valence-electron chi connectivity index (χ0n) is 9.73. The highest BCUT2D eigenvalue weighted by Crippen LogP contribution is 2.14. The molecule has 0 fully saturated rings. The fourth-order valence-corrected chi connectivity index (χ4v) is 1.57. The number of carboxylic acids is 1. The number of nitrogens with one attached hydrogen (secondary N) is 1. The van der Waals surface area contributed by atoms with Crippen molar-refractivity contribution < 1.29 is 14.7 Å². The van der Waals surface area contributed by atoms with Gasteiger partial charge in [-0.3, -0.25) is 9.59 Å². The van der Waals surface area contributed by atoms with Crippen LogP contribution in [0.3, 0.4) is 0 Å². The molecule has 0 radical (unpaired) electrons. The van der Waals surface area contributed by atoms with Gasteiger partial charge in [0.05, 0.1) is 6.04 Å². The molecule has 0 saturated heterocycles. The molecule has 6 heteroatoms. The molecule has 1 atom stereocenters. The van der Waals surface area contributed by atoms with Crippen molar-refractivity contribution >= 4 is 23.5 Å². The van der Waals surface area contributed by atoms with Crippen molar-refractivity contribution in [2.45, 2.75) is 25.4 Å². The predicted molar refractivity (Wildman–Crippen MR) is 68.1 cm³/mol. The Labute approximate surface area is 110 Å². The van der Waals surface area contributed by atoms with Gasteiger partial charge in [-0.15, -0.1) is 0 Å². The Morgan fingerprint density at radius 2 is 2.06 bits per heavy atom. The number of rotatable bonds is 6. The summed E-state index contributed by atoms with van der Waals surface area (Å²) in [6.45, 7) is 0.277. The molecule has 0 aliphatic carbocycles. The number of carboxylic acid groups (broad SMARTS) is 1. The third-order valence-electron chi connectivity index (χ3n) is 2.42. The maximum Gasteiger partial charge on any atom is 0.303 e. The van der Waals surface area contributed by atoms with Gasteiger partial charge >= 0.3 is 5.97 Å². The summed E-state index contributed by atoms with van der Waals surface area (Å²) < 4.78 is 0. The SMILES string of the molecule is NC(CCC(=O)O)C(=O)NCc1ccccc1Cl. The second kappa shape index (κ2) is 6.98. The highest BCUT2D eigenvalue weighted by atomic mass is 35.5. The molecule has 5 nitrogen and oxygen atoms in total. The zero-order chi connectivity index (χ0) is 13.5. The van der Waals surface area contributed by atoms with Crippen LogP contribution < -0.4 is 11.1 Å². The van der Waals surface area contributed by atoms with Crippen molar-refractivity contribution in [3.05, 3.63) is 34.9 Å². The van der Waals surface area contributed by atoms with E-state index >= 15 is 0 Å². The van der Waals surface area contributed by atoms with Crippen molar-refractivity contribution in [2.24, 2.45) is 5.73 Å². The zero-order valence-corrected chi connectivity index (χ0v) is 10.5. The molecular weight excluding hydrogens is 256 g/mol. The Kier molecular flexibility index (Phi) is 5.61. The van der Waals surface area contributed by atoms with Crippen LogP contribution in [0.1, 0.15) is 18.4 Å². The minimum atomic E-state index is -0.968. The lowest BCUT2D eigenvalue weighted by atomic mass is 10.1. The minimum absolute atomic E-state index is 0.115. The summed E-state index contributed by atoms with van der Waals surface area (Å²) in [5, 5.41) is 11.7. The van der Waals surface area contributed by atoms with Crippen LogP contribution in [0.4, 0.5) is 0 Å². The number of hydrogen-bond acceptors (Lipinski definition) is 3. The molecule has 4 N–H and O–H groups in total. The molecule has 1 amide bonds. The molecule has 1 rings (SSSR count). The van der Waals surface area contributed by atoms with E-state index in [0.717, 1.165) is 5.56 Å². The largest absolute Gasteiger partial charge is 0.481 e. The monoisotopic (exact) mass is 270 g/mol. The molecule has 1 aromatic rings. The van der Waals surface area contributed by atoms with Gasteiger partial charge < -0.3 is 16.2 Å². The number of benzene rings is 1. The first-order valence-corrected chi connectivity index (χ1v) is 5.87. The van der Waals surface area contributed by atoms with Crippen LogP contribution in [0.15, 0.2) is 24.3 Å². The van der Waals surface area contributed by atoms with Crippen LogP contribution in [0.5, 0.6) is 0 Å². The standard InChI is InChI=1S/C12H15ClN2O3/c13-9-4-2-1-3-8(9)7-15-12(18)10(14)5-6-11(16)17/h1-4,10H,5-7,14H2,(H,15,18)(H,16,17).